The van der Waals surface area contributed by atoms with Gasteiger partial charge in [-0.2, -0.15) is 13.2 Å². The fourth-order valence-electron chi connectivity index (χ4n) is 2.72. The molecule has 1 aliphatic rings. The number of aryl methyl sites for hydroxylation is 1. The van der Waals surface area contributed by atoms with E-state index in [0.29, 0.717) is 9.23 Å². The summed E-state index contributed by atoms with van der Waals surface area (Å²) < 4.78 is 38.7. The molecule has 4 nitrogen and oxygen atoms in total. The van der Waals surface area contributed by atoms with Crippen molar-refractivity contribution in [3.63, 3.8) is 0 Å². The van der Waals surface area contributed by atoms with E-state index in [1.165, 1.54) is 17.0 Å². The van der Waals surface area contributed by atoms with Crippen molar-refractivity contribution in [3.05, 3.63) is 70.1 Å². The zero-order valence-electron chi connectivity index (χ0n) is 15.8. The highest BCUT2D eigenvalue weighted by atomic mass is 32.2. The van der Waals surface area contributed by atoms with Gasteiger partial charge in [-0.05, 0) is 36.8 Å². The molecule has 2 amide bonds. The first-order valence-corrected chi connectivity index (χ1v) is 10.1. The Bertz CT molecular complexity index is 1020. The average molecular weight is 451 g/mol. The number of benzene rings is 2. The molecule has 2 aromatic carbocycles. The third-order valence-corrected chi connectivity index (χ3v) is 5.66. The lowest BCUT2D eigenvalue weighted by Gasteiger charge is -2.14. The van der Waals surface area contributed by atoms with Crippen LogP contribution < -0.4 is 5.32 Å². The summed E-state index contributed by atoms with van der Waals surface area (Å²) in [5.74, 6) is -0.802. The molecule has 0 saturated carbocycles. The first-order valence-electron chi connectivity index (χ1n) is 8.92. The molecule has 1 N–H and O–H groups in total. The van der Waals surface area contributed by atoms with Crippen LogP contribution in [0.2, 0.25) is 0 Å². The molecule has 0 unspecified atom stereocenters. The van der Waals surface area contributed by atoms with Crippen molar-refractivity contribution < 1.29 is 22.8 Å². The lowest BCUT2D eigenvalue weighted by molar-refractivity contribution is -0.137. The molecule has 0 aliphatic carbocycles. The molecule has 0 spiro atoms. The van der Waals surface area contributed by atoms with Gasteiger partial charge in [-0.3, -0.25) is 14.5 Å². The van der Waals surface area contributed by atoms with Crippen LogP contribution in [0.3, 0.4) is 0 Å². The SMILES string of the molecule is Cc1ccc(/C=C2/SC(=S)N(CCC(=O)Nc3cccc(C(F)(F)F)c3)C2=O)cc1. The number of thioether (sulfide) groups is 1. The molecule has 1 saturated heterocycles. The number of nitrogens with one attached hydrogen (secondary N) is 1. The van der Waals surface area contributed by atoms with Gasteiger partial charge in [0, 0.05) is 18.7 Å². The maximum Gasteiger partial charge on any atom is 0.416 e. The monoisotopic (exact) mass is 450 g/mol. The number of anilines is 1. The molecule has 9 heteroatoms. The molecule has 0 bridgehead atoms. The molecule has 1 heterocycles. The number of carbonyl (C=O) groups excluding carboxylic acids is 2. The van der Waals surface area contributed by atoms with Crippen LogP contribution in [-0.4, -0.2) is 27.6 Å². The van der Waals surface area contributed by atoms with E-state index in [0.717, 1.165) is 35.0 Å². The molecular formula is C21H17F3N2O2S2. The molecule has 2 aromatic rings. The number of carbonyl (C=O) groups is 2. The van der Waals surface area contributed by atoms with Gasteiger partial charge in [-0.1, -0.05) is 59.9 Å². The Kier molecular flexibility index (Phi) is 6.62. The summed E-state index contributed by atoms with van der Waals surface area (Å²) in [5.41, 5.74) is 1.16. The van der Waals surface area contributed by atoms with Crippen molar-refractivity contribution in [2.75, 3.05) is 11.9 Å². The predicted octanol–water partition coefficient (Wildman–Crippen LogP) is 5.24. The highest BCUT2D eigenvalue weighted by molar-refractivity contribution is 8.26. The minimum Gasteiger partial charge on any atom is -0.326 e. The first kappa shape index (κ1) is 22.0. The van der Waals surface area contributed by atoms with Gasteiger partial charge in [-0.25, -0.2) is 0 Å². The maximum atomic E-state index is 12.8. The van der Waals surface area contributed by atoms with Crippen LogP contribution in [0.15, 0.2) is 53.4 Å². The van der Waals surface area contributed by atoms with E-state index in [-0.39, 0.29) is 24.6 Å². The van der Waals surface area contributed by atoms with E-state index in [9.17, 15) is 22.8 Å². The van der Waals surface area contributed by atoms with Gasteiger partial charge in [0.15, 0.2) is 0 Å². The first-order chi connectivity index (χ1) is 14.1. The molecule has 1 fully saturated rings. The molecule has 3 rings (SSSR count). The van der Waals surface area contributed by atoms with E-state index >= 15 is 0 Å². The van der Waals surface area contributed by atoms with Crippen molar-refractivity contribution in [2.24, 2.45) is 0 Å². The fourth-order valence-corrected chi connectivity index (χ4v) is 4.03. The van der Waals surface area contributed by atoms with Gasteiger partial charge in [0.2, 0.25) is 5.91 Å². The number of rotatable bonds is 5. The molecule has 156 valence electrons. The lowest BCUT2D eigenvalue weighted by atomic mass is 10.1. The third-order valence-electron chi connectivity index (χ3n) is 4.28. The van der Waals surface area contributed by atoms with E-state index in [2.05, 4.69) is 5.32 Å². The topological polar surface area (TPSA) is 49.4 Å². The van der Waals surface area contributed by atoms with E-state index in [1.54, 1.807) is 6.08 Å². The minimum atomic E-state index is -4.49. The number of halogens is 3. The Balaban J connectivity index is 1.60. The normalized spacial score (nSPS) is 15.7. The highest BCUT2D eigenvalue weighted by Crippen LogP contribution is 2.33. The third kappa shape index (κ3) is 5.48. The van der Waals surface area contributed by atoms with Crippen LogP contribution in [0.5, 0.6) is 0 Å². The van der Waals surface area contributed by atoms with Crippen molar-refractivity contribution in [2.45, 2.75) is 19.5 Å². The fraction of sp³-hybridized carbons (Fsp3) is 0.190. The summed E-state index contributed by atoms with van der Waals surface area (Å²) in [6.45, 7) is 2.01. The quantitative estimate of drug-likeness (QED) is 0.500. The van der Waals surface area contributed by atoms with Gasteiger partial charge in [-0.15, -0.1) is 0 Å². The van der Waals surface area contributed by atoms with Crippen molar-refractivity contribution in [3.8, 4) is 0 Å². The second-order valence-corrected chi connectivity index (χ2v) is 8.30. The number of alkyl halides is 3. The van der Waals surface area contributed by atoms with Crippen LogP contribution in [-0.2, 0) is 15.8 Å². The Labute approximate surface area is 181 Å². The number of nitrogens with zero attached hydrogens (tertiary/aromatic N) is 1. The zero-order chi connectivity index (χ0) is 21.9. The zero-order valence-corrected chi connectivity index (χ0v) is 17.5. The summed E-state index contributed by atoms with van der Waals surface area (Å²) >= 11 is 6.40. The van der Waals surface area contributed by atoms with Gasteiger partial charge < -0.3 is 5.32 Å². The van der Waals surface area contributed by atoms with Crippen LogP contribution >= 0.6 is 24.0 Å². The Morgan fingerprint density at radius 3 is 2.57 bits per heavy atom. The van der Waals surface area contributed by atoms with Gasteiger partial charge >= 0.3 is 6.18 Å². The summed E-state index contributed by atoms with van der Waals surface area (Å²) in [7, 11) is 0. The highest BCUT2D eigenvalue weighted by Gasteiger charge is 2.32. The average Bonchev–Trinajstić information content (AvgIpc) is 2.94. The van der Waals surface area contributed by atoms with Crippen molar-refractivity contribution in [1.29, 1.82) is 0 Å². The Hall–Kier alpha value is -2.65. The summed E-state index contributed by atoms with van der Waals surface area (Å²) in [6.07, 6.45) is -2.85. The second kappa shape index (κ2) is 9.01. The van der Waals surface area contributed by atoms with Gasteiger partial charge in [0.1, 0.15) is 4.32 Å². The number of amides is 2. The van der Waals surface area contributed by atoms with Gasteiger partial charge in [0.25, 0.3) is 5.91 Å². The molecular weight excluding hydrogens is 433 g/mol. The number of hydrogen-bond acceptors (Lipinski definition) is 4. The van der Waals surface area contributed by atoms with Crippen LogP contribution in [0.1, 0.15) is 23.1 Å². The largest absolute Gasteiger partial charge is 0.416 e. The van der Waals surface area contributed by atoms with Crippen molar-refractivity contribution in [1.82, 2.24) is 4.90 Å². The van der Waals surface area contributed by atoms with E-state index in [1.807, 2.05) is 31.2 Å². The van der Waals surface area contributed by atoms with E-state index in [4.69, 9.17) is 12.2 Å². The smallest absolute Gasteiger partial charge is 0.326 e. The van der Waals surface area contributed by atoms with Gasteiger partial charge in [0.05, 0.1) is 10.5 Å². The van der Waals surface area contributed by atoms with Crippen LogP contribution in [0.25, 0.3) is 6.08 Å². The molecule has 30 heavy (non-hydrogen) atoms. The lowest BCUT2D eigenvalue weighted by Crippen LogP contribution is -2.31. The maximum absolute atomic E-state index is 12.8. The number of thiocarbonyl (C=S) groups is 1. The molecule has 0 aromatic heterocycles. The summed E-state index contributed by atoms with van der Waals surface area (Å²) in [5, 5.41) is 2.42. The summed E-state index contributed by atoms with van der Waals surface area (Å²) in [6, 6.07) is 12.0. The molecule has 0 radical (unpaired) electrons. The van der Waals surface area contributed by atoms with Crippen LogP contribution in [0, 0.1) is 6.92 Å². The van der Waals surface area contributed by atoms with Crippen molar-refractivity contribution >= 4 is 51.9 Å². The standard InChI is InChI=1S/C21H17F3N2O2S2/c1-13-5-7-14(8-6-13)11-17-19(28)26(20(29)30-17)10-9-18(27)25-16-4-2-3-15(12-16)21(22,23)24/h2-8,11-12H,9-10H2,1H3,(H,25,27)/b17-11+. The van der Waals surface area contributed by atoms with E-state index < -0.39 is 17.6 Å². The molecule has 0 atom stereocenters. The Morgan fingerprint density at radius 1 is 1.20 bits per heavy atom. The number of hydrogen-bond donors (Lipinski definition) is 1. The second-order valence-electron chi connectivity index (χ2n) is 6.62. The summed E-state index contributed by atoms with van der Waals surface area (Å²) in [4.78, 5) is 26.5. The van der Waals surface area contributed by atoms with Crippen LogP contribution in [0.4, 0.5) is 18.9 Å². The predicted molar refractivity (Wildman–Crippen MR) is 116 cm³/mol. The molecule has 1 aliphatic heterocycles. The minimum absolute atomic E-state index is 0.0412. The Morgan fingerprint density at radius 2 is 1.90 bits per heavy atom.